The molecular formula is C15H14BrClN4O3. The number of Topliss-reactive ketones (excluding diaryl/α,β-unsaturated/α-hetero) is 1. The SMILES string of the molecule is Cn1nc(Br)c(C(=O)NC(Cc2ccccc2)C(=O)C(N)=O)c1Cl. The first-order valence-corrected chi connectivity index (χ1v) is 8.04. The minimum Gasteiger partial charge on any atom is -0.363 e. The molecule has 1 atom stereocenters. The van der Waals surface area contributed by atoms with Gasteiger partial charge < -0.3 is 11.1 Å². The van der Waals surface area contributed by atoms with Crippen LogP contribution < -0.4 is 11.1 Å². The van der Waals surface area contributed by atoms with Crippen LogP contribution in [0.1, 0.15) is 15.9 Å². The Morgan fingerprint density at radius 1 is 1.33 bits per heavy atom. The van der Waals surface area contributed by atoms with Crippen LogP contribution in [0.4, 0.5) is 0 Å². The van der Waals surface area contributed by atoms with Crippen LogP contribution >= 0.6 is 27.5 Å². The maximum absolute atomic E-state index is 12.4. The number of nitrogens with one attached hydrogen (secondary N) is 1. The van der Waals surface area contributed by atoms with E-state index in [2.05, 4.69) is 26.3 Å². The topological polar surface area (TPSA) is 107 Å². The second-order valence-corrected chi connectivity index (χ2v) is 6.13. The molecule has 0 aliphatic carbocycles. The summed E-state index contributed by atoms with van der Waals surface area (Å²) in [6.07, 6.45) is 0.129. The summed E-state index contributed by atoms with van der Waals surface area (Å²) < 4.78 is 1.54. The molecule has 2 aromatic rings. The Morgan fingerprint density at radius 2 is 1.96 bits per heavy atom. The van der Waals surface area contributed by atoms with Crippen LogP contribution in [-0.2, 0) is 23.1 Å². The van der Waals surface area contributed by atoms with Gasteiger partial charge in [0, 0.05) is 13.5 Å². The minimum atomic E-state index is -1.12. The fourth-order valence-electron chi connectivity index (χ4n) is 2.12. The van der Waals surface area contributed by atoms with Crippen molar-refractivity contribution in [3.8, 4) is 0 Å². The van der Waals surface area contributed by atoms with Gasteiger partial charge >= 0.3 is 0 Å². The second kappa shape index (κ2) is 7.59. The lowest BCUT2D eigenvalue weighted by atomic mass is 10.0. The largest absolute Gasteiger partial charge is 0.363 e. The quantitative estimate of drug-likeness (QED) is 0.695. The first kappa shape index (κ1) is 18.2. The molecule has 0 bridgehead atoms. The van der Waals surface area contributed by atoms with E-state index in [0.29, 0.717) is 0 Å². The molecule has 1 unspecified atom stereocenters. The molecule has 3 N–H and O–H groups in total. The number of carbonyl (C=O) groups is 3. The molecule has 0 saturated heterocycles. The van der Waals surface area contributed by atoms with Crippen molar-refractivity contribution in [2.45, 2.75) is 12.5 Å². The molecule has 24 heavy (non-hydrogen) atoms. The summed E-state index contributed by atoms with van der Waals surface area (Å²) in [5, 5.41) is 6.57. The maximum Gasteiger partial charge on any atom is 0.287 e. The van der Waals surface area contributed by atoms with Gasteiger partial charge in [0.25, 0.3) is 11.8 Å². The number of hydrogen-bond acceptors (Lipinski definition) is 4. The van der Waals surface area contributed by atoms with E-state index in [1.54, 1.807) is 31.3 Å². The van der Waals surface area contributed by atoms with Gasteiger partial charge in [-0.05, 0) is 21.5 Å². The summed E-state index contributed by atoms with van der Waals surface area (Å²) >= 11 is 9.17. The molecule has 9 heteroatoms. The van der Waals surface area contributed by atoms with Crippen LogP contribution in [-0.4, -0.2) is 33.4 Å². The van der Waals surface area contributed by atoms with Gasteiger partial charge in [-0.3, -0.25) is 19.1 Å². The Hall–Kier alpha value is -2.19. The molecule has 7 nitrogen and oxygen atoms in total. The van der Waals surface area contributed by atoms with E-state index in [1.165, 1.54) is 4.68 Å². The molecule has 0 radical (unpaired) electrons. The highest BCUT2D eigenvalue weighted by Gasteiger charge is 2.28. The van der Waals surface area contributed by atoms with Crippen LogP contribution in [0.15, 0.2) is 34.9 Å². The van der Waals surface area contributed by atoms with Gasteiger partial charge in [0.15, 0.2) is 0 Å². The van der Waals surface area contributed by atoms with E-state index in [-0.39, 0.29) is 21.7 Å². The molecule has 1 heterocycles. The first-order chi connectivity index (χ1) is 11.3. The molecule has 2 rings (SSSR count). The molecule has 0 spiro atoms. The van der Waals surface area contributed by atoms with Gasteiger partial charge in [0.2, 0.25) is 5.78 Å². The Morgan fingerprint density at radius 3 is 2.46 bits per heavy atom. The van der Waals surface area contributed by atoms with Crippen molar-refractivity contribution in [3.05, 3.63) is 51.2 Å². The number of rotatable bonds is 6. The lowest BCUT2D eigenvalue weighted by molar-refractivity contribution is -0.137. The smallest absolute Gasteiger partial charge is 0.287 e. The van der Waals surface area contributed by atoms with E-state index in [9.17, 15) is 14.4 Å². The number of primary amides is 1. The summed E-state index contributed by atoms with van der Waals surface area (Å²) in [4.78, 5) is 35.7. The number of carbonyl (C=O) groups excluding carboxylic acids is 3. The number of aryl methyl sites for hydroxylation is 1. The molecule has 1 aromatic heterocycles. The molecule has 0 aliphatic rings. The minimum absolute atomic E-state index is 0.0782. The third-order valence-electron chi connectivity index (χ3n) is 3.31. The average Bonchev–Trinajstić information content (AvgIpc) is 2.79. The Labute approximate surface area is 151 Å². The van der Waals surface area contributed by atoms with E-state index in [1.807, 2.05) is 6.07 Å². The highest BCUT2D eigenvalue weighted by Crippen LogP contribution is 2.23. The predicted octanol–water partition coefficient (Wildman–Crippen LogP) is 1.23. The maximum atomic E-state index is 12.4. The van der Waals surface area contributed by atoms with Crippen molar-refractivity contribution in [1.82, 2.24) is 15.1 Å². The third-order valence-corrected chi connectivity index (χ3v) is 4.30. The molecule has 1 aromatic carbocycles. The number of nitrogens with two attached hydrogens (primary N) is 1. The van der Waals surface area contributed by atoms with E-state index in [0.717, 1.165) is 5.56 Å². The summed E-state index contributed by atoms with van der Waals surface area (Å²) in [6, 6.07) is 7.86. The van der Waals surface area contributed by atoms with E-state index in [4.69, 9.17) is 17.3 Å². The fraction of sp³-hybridized carbons (Fsp3) is 0.200. The number of hydrogen-bond donors (Lipinski definition) is 2. The molecule has 0 aliphatic heterocycles. The van der Waals surface area contributed by atoms with E-state index >= 15 is 0 Å². The number of benzene rings is 1. The van der Waals surface area contributed by atoms with Crippen molar-refractivity contribution >= 4 is 45.1 Å². The number of ketones is 1. The number of amides is 2. The van der Waals surface area contributed by atoms with Crippen LogP contribution in [0.25, 0.3) is 0 Å². The van der Waals surface area contributed by atoms with E-state index < -0.39 is 23.6 Å². The van der Waals surface area contributed by atoms with Crippen LogP contribution in [0.5, 0.6) is 0 Å². The van der Waals surface area contributed by atoms with Crippen molar-refractivity contribution in [2.75, 3.05) is 0 Å². The summed E-state index contributed by atoms with van der Waals surface area (Å²) in [6.45, 7) is 0. The van der Waals surface area contributed by atoms with Gasteiger partial charge in [-0.15, -0.1) is 0 Å². The molecule has 0 saturated carbocycles. The van der Waals surface area contributed by atoms with Crippen LogP contribution in [0.3, 0.4) is 0 Å². The number of aromatic nitrogens is 2. The van der Waals surface area contributed by atoms with Crippen molar-refractivity contribution < 1.29 is 14.4 Å². The highest BCUT2D eigenvalue weighted by atomic mass is 79.9. The van der Waals surface area contributed by atoms with Gasteiger partial charge in [-0.2, -0.15) is 5.10 Å². The number of nitrogens with zero attached hydrogens (tertiary/aromatic N) is 2. The second-order valence-electron chi connectivity index (χ2n) is 5.02. The number of halogens is 2. The average molecular weight is 414 g/mol. The monoisotopic (exact) mass is 412 g/mol. The van der Waals surface area contributed by atoms with Crippen molar-refractivity contribution in [1.29, 1.82) is 0 Å². The predicted molar refractivity (Wildman–Crippen MR) is 91.5 cm³/mol. The highest BCUT2D eigenvalue weighted by molar-refractivity contribution is 9.10. The zero-order valence-electron chi connectivity index (χ0n) is 12.6. The zero-order valence-corrected chi connectivity index (χ0v) is 15.0. The molecular weight excluding hydrogens is 400 g/mol. The molecule has 126 valence electrons. The van der Waals surface area contributed by atoms with Crippen molar-refractivity contribution in [3.63, 3.8) is 0 Å². The third kappa shape index (κ3) is 4.01. The van der Waals surface area contributed by atoms with Gasteiger partial charge in [0.1, 0.15) is 21.4 Å². The van der Waals surface area contributed by atoms with Crippen molar-refractivity contribution in [2.24, 2.45) is 12.8 Å². The van der Waals surface area contributed by atoms with Crippen LogP contribution in [0, 0.1) is 0 Å². The molecule has 0 fully saturated rings. The Balaban J connectivity index is 2.26. The fourth-order valence-corrected chi connectivity index (χ4v) is 3.05. The lowest BCUT2D eigenvalue weighted by Crippen LogP contribution is -2.47. The Kier molecular flexibility index (Phi) is 5.74. The zero-order chi connectivity index (χ0) is 17.9. The summed E-state index contributed by atoms with van der Waals surface area (Å²) in [5.74, 6) is -2.63. The first-order valence-electron chi connectivity index (χ1n) is 6.87. The summed E-state index contributed by atoms with van der Waals surface area (Å²) in [5.41, 5.74) is 5.93. The van der Waals surface area contributed by atoms with Crippen LogP contribution in [0.2, 0.25) is 5.15 Å². The normalized spacial score (nSPS) is 11.8. The Bertz CT molecular complexity index is 792. The van der Waals surface area contributed by atoms with Gasteiger partial charge in [-0.25, -0.2) is 0 Å². The standard InChI is InChI=1S/C15H14BrClN4O3/c1-21-13(17)10(12(16)20-21)15(24)19-9(11(22)14(18)23)7-8-5-3-2-4-6-8/h2-6,9H,7H2,1H3,(H2,18,23)(H,19,24). The lowest BCUT2D eigenvalue weighted by Gasteiger charge is -2.16. The summed E-state index contributed by atoms with van der Waals surface area (Å²) in [7, 11) is 1.57. The van der Waals surface area contributed by atoms with Gasteiger partial charge in [-0.1, -0.05) is 41.9 Å². The van der Waals surface area contributed by atoms with Gasteiger partial charge in [0.05, 0.1) is 0 Å². The molecule has 2 amide bonds.